The van der Waals surface area contributed by atoms with E-state index in [0.717, 1.165) is 0 Å². The first-order chi connectivity index (χ1) is 9.99. The number of aromatic hydroxyl groups is 1. The Morgan fingerprint density at radius 2 is 1.71 bits per heavy atom. The van der Waals surface area contributed by atoms with Crippen LogP contribution in [0.3, 0.4) is 0 Å². The lowest BCUT2D eigenvalue weighted by atomic mass is 10.2. The minimum absolute atomic E-state index is 0.0136. The Kier molecular flexibility index (Phi) is 4.08. The lowest BCUT2D eigenvalue weighted by Gasteiger charge is -2.13. The summed E-state index contributed by atoms with van der Waals surface area (Å²) in [5, 5.41) is 21.3. The lowest BCUT2D eigenvalue weighted by molar-refractivity contribution is -0.114. The Morgan fingerprint density at radius 3 is 2.38 bits per heavy atom. The molecule has 0 aromatic heterocycles. The van der Waals surface area contributed by atoms with Gasteiger partial charge in [-0.3, -0.25) is 4.79 Å². The van der Waals surface area contributed by atoms with Crippen molar-refractivity contribution < 1.29 is 24.5 Å². The van der Waals surface area contributed by atoms with Crippen molar-refractivity contribution in [2.45, 2.75) is 6.92 Å². The van der Waals surface area contributed by atoms with Gasteiger partial charge in [-0.1, -0.05) is 18.2 Å². The number of amides is 1. The quantitative estimate of drug-likeness (QED) is 0.803. The van der Waals surface area contributed by atoms with E-state index in [0.29, 0.717) is 5.69 Å². The summed E-state index contributed by atoms with van der Waals surface area (Å²) < 4.78 is 5.53. The van der Waals surface area contributed by atoms with E-state index in [4.69, 9.17) is 9.84 Å². The maximum absolute atomic E-state index is 11.2. The number of aromatic carboxylic acids is 1. The van der Waals surface area contributed by atoms with Gasteiger partial charge in [0.25, 0.3) is 0 Å². The number of nitrogens with one attached hydrogen (secondary N) is 1. The second-order valence-electron chi connectivity index (χ2n) is 4.23. The fourth-order valence-electron chi connectivity index (χ4n) is 1.79. The lowest BCUT2D eigenvalue weighted by Crippen LogP contribution is -2.07. The Bertz CT molecular complexity index is 696. The highest BCUT2D eigenvalue weighted by atomic mass is 16.5. The summed E-state index contributed by atoms with van der Waals surface area (Å²) >= 11 is 0. The number of para-hydroxylation sites is 2. The summed E-state index contributed by atoms with van der Waals surface area (Å²) in [6.45, 7) is 1.35. The van der Waals surface area contributed by atoms with Gasteiger partial charge in [0.2, 0.25) is 5.91 Å². The zero-order chi connectivity index (χ0) is 15.4. The second kappa shape index (κ2) is 5.96. The largest absolute Gasteiger partial charge is 0.507 e. The molecule has 0 aliphatic heterocycles. The van der Waals surface area contributed by atoms with Gasteiger partial charge in [-0.2, -0.15) is 0 Å². The number of hydrogen-bond acceptors (Lipinski definition) is 4. The van der Waals surface area contributed by atoms with E-state index < -0.39 is 11.7 Å². The third-order valence-electron chi connectivity index (χ3n) is 2.64. The highest BCUT2D eigenvalue weighted by Crippen LogP contribution is 2.34. The van der Waals surface area contributed by atoms with E-state index >= 15 is 0 Å². The molecule has 6 heteroatoms. The molecule has 108 valence electrons. The molecule has 6 nitrogen and oxygen atoms in total. The normalized spacial score (nSPS) is 9.95. The molecule has 0 saturated heterocycles. The van der Waals surface area contributed by atoms with Crippen LogP contribution in [0.2, 0.25) is 0 Å². The molecule has 0 aliphatic carbocycles. The minimum atomic E-state index is -1.31. The van der Waals surface area contributed by atoms with E-state index in [1.807, 2.05) is 0 Å². The zero-order valence-electron chi connectivity index (χ0n) is 11.2. The van der Waals surface area contributed by atoms with E-state index in [-0.39, 0.29) is 23.0 Å². The molecule has 2 aromatic rings. The van der Waals surface area contributed by atoms with E-state index in [9.17, 15) is 14.7 Å². The molecule has 0 atom stereocenters. The van der Waals surface area contributed by atoms with Crippen LogP contribution in [0, 0.1) is 0 Å². The minimum Gasteiger partial charge on any atom is -0.507 e. The van der Waals surface area contributed by atoms with Crippen molar-refractivity contribution >= 4 is 17.6 Å². The molecular formula is C15H13NO5. The highest BCUT2D eigenvalue weighted by molar-refractivity contribution is 5.94. The molecule has 0 aliphatic rings. The number of hydrogen-bond donors (Lipinski definition) is 3. The van der Waals surface area contributed by atoms with Gasteiger partial charge in [0.1, 0.15) is 17.1 Å². The molecule has 0 heterocycles. The first-order valence-corrected chi connectivity index (χ1v) is 6.09. The Balaban J connectivity index is 2.42. The molecule has 0 unspecified atom stereocenters. The topological polar surface area (TPSA) is 95.9 Å². The number of carbonyl (C=O) groups is 2. The average Bonchev–Trinajstić information content (AvgIpc) is 2.40. The summed E-state index contributed by atoms with van der Waals surface area (Å²) in [5.74, 6) is -1.71. The van der Waals surface area contributed by atoms with Crippen molar-refractivity contribution in [1.29, 1.82) is 0 Å². The van der Waals surface area contributed by atoms with Crippen LogP contribution < -0.4 is 10.1 Å². The van der Waals surface area contributed by atoms with Crippen molar-refractivity contribution in [2.75, 3.05) is 5.32 Å². The molecule has 21 heavy (non-hydrogen) atoms. The maximum atomic E-state index is 11.2. The summed E-state index contributed by atoms with van der Waals surface area (Å²) in [4.78, 5) is 22.3. The number of carboxylic acid groups (broad SMARTS) is 1. The van der Waals surface area contributed by atoms with E-state index in [1.165, 1.54) is 25.1 Å². The van der Waals surface area contributed by atoms with Crippen molar-refractivity contribution in [3.8, 4) is 17.2 Å². The number of phenols is 1. The molecule has 1 amide bonds. The SMILES string of the molecule is CC(=O)Nc1ccccc1Oc1cccc(O)c1C(=O)O. The summed E-state index contributed by atoms with van der Waals surface area (Å²) in [6.07, 6.45) is 0. The van der Waals surface area contributed by atoms with Crippen LogP contribution in [0.15, 0.2) is 42.5 Å². The van der Waals surface area contributed by atoms with Gasteiger partial charge in [0.05, 0.1) is 5.69 Å². The van der Waals surface area contributed by atoms with Crippen molar-refractivity contribution in [1.82, 2.24) is 0 Å². The Labute approximate surface area is 120 Å². The number of rotatable bonds is 4. The van der Waals surface area contributed by atoms with E-state index in [2.05, 4.69) is 5.32 Å². The fraction of sp³-hybridized carbons (Fsp3) is 0.0667. The second-order valence-corrected chi connectivity index (χ2v) is 4.23. The van der Waals surface area contributed by atoms with Gasteiger partial charge >= 0.3 is 5.97 Å². The van der Waals surface area contributed by atoms with E-state index in [1.54, 1.807) is 24.3 Å². The molecular weight excluding hydrogens is 274 g/mol. The third-order valence-corrected chi connectivity index (χ3v) is 2.64. The summed E-state index contributed by atoms with van der Waals surface area (Å²) in [5.41, 5.74) is 0.0693. The standard InChI is InChI=1S/C15H13NO5/c1-9(17)16-10-5-2-3-7-12(10)21-13-8-4-6-11(18)14(13)15(19)20/h2-8,18H,1H3,(H,16,17)(H,19,20). The third kappa shape index (κ3) is 3.30. The first kappa shape index (κ1) is 14.4. The van der Waals surface area contributed by atoms with Gasteiger partial charge < -0.3 is 20.3 Å². The van der Waals surface area contributed by atoms with Gasteiger partial charge in [-0.25, -0.2) is 4.79 Å². The predicted octanol–water partition coefficient (Wildman–Crippen LogP) is 2.84. The summed E-state index contributed by atoms with van der Waals surface area (Å²) in [7, 11) is 0. The van der Waals surface area contributed by atoms with Gasteiger partial charge in [0, 0.05) is 6.92 Å². The van der Waals surface area contributed by atoms with Crippen LogP contribution in [-0.4, -0.2) is 22.1 Å². The monoisotopic (exact) mass is 287 g/mol. The van der Waals surface area contributed by atoms with Gasteiger partial charge in [0.15, 0.2) is 5.75 Å². The van der Waals surface area contributed by atoms with Crippen molar-refractivity contribution in [2.24, 2.45) is 0 Å². The molecule has 2 rings (SSSR count). The van der Waals surface area contributed by atoms with Crippen LogP contribution in [0.4, 0.5) is 5.69 Å². The van der Waals surface area contributed by atoms with Crippen LogP contribution in [0.1, 0.15) is 17.3 Å². The van der Waals surface area contributed by atoms with Crippen LogP contribution in [0.5, 0.6) is 17.2 Å². The van der Waals surface area contributed by atoms with Crippen molar-refractivity contribution in [3.63, 3.8) is 0 Å². The number of benzene rings is 2. The molecule has 2 aromatic carbocycles. The van der Waals surface area contributed by atoms with Gasteiger partial charge in [-0.05, 0) is 24.3 Å². The van der Waals surface area contributed by atoms with Crippen molar-refractivity contribution in [3.05, 3.63) is 48.0 Å². The Hall–Kier alpha value is -3.02. The molecule has 0 saturated carbocycles. The molecule has 0 fully saturated rings. The predicted molar refractivity (Wildman–Crippen MR) is 75.9 cm³/mol. The number of carbonyl (C=O) groups excluding carboxylic acids is 1. The fourth-order valence-corrected chi connectivity index (χ4v) is 1.79. The average molecular weight is 287 g/mol. The first-order valence-electron chi connectivity index (χ1n) is 6.09. The number of anilines is 1. The molecule has 0 bridgehead atoms. The number of carboxylic acids is 1. The maximum Gasteiger partial charge on any atom is 0.343 e. The van der Waals surface area contributed by atoms with Crippen LogP contribution >= 0.6 is 0 Å². The Morgan fingerprint density at radius 1 is 1.05 bits per heavy atom. The summed E-state index contributed by atoms with van der Waals surface area (Å²) in [6, 6.07) is 10.8. The molecule has 0 spiro atoms. The van der Waals surface area contributed by atoms with Gasteiger partial charge in [-0.15, -0.1) is 0 Å². The van der Waals surface area contributed by atoms with Crippen LogP contribution in [0.25, 0.3) is 0 Å². The number of ether oxygens (including phenoxy) is 1. The smallest absolute Gasteiger partial charge is 0.343 e. The molecule has 3 N–H and O–H groups in total. The zero-order valence-corrected chi connectivity index (χ0v) is 11.2. The highest BCUT2D eigenvalue weighted by Gasteiger charge is 2.18. The molecule has 0 radical (unpaired) electrons. The van der Waals surface area contributed by atoms with Crippen LogP contribution in [-0.2, 0) is 4.79 Å².